The van der Waals surface area contributed by atoms with Crippen molar-refractivity contribution in [1.29, 1.82) is 0 Å². The standard InChI is InChI=1S/C18H27ClN2/c1-13-11-15(19)6-9-17(13)18-14(12-20-16-7-8-16)5-3-4-10-21(18)2/h6,9,11,14,16,18,20H,3-5,7-8,10,12H2,1-2H3. The lowest BCUT2D eigenvalue weighted by Crippen LogP contribution is -2.36. The van der Waals surface area contributed by atoms with E-state index in [9.17, 15) is 0 Å². The Morgan fingerprint density at radius 1 is 1.24 bits per heavy atom. The summed E-state index contributed by atoms with van der Waals surface area (Å²) in [5.74, 6) is 0.706. The molecule has 2 atom stereocenters. The van der Waals surface area contributed by atoms with Gasteiger partial charge in [0.2, 0.25) is 0 Å². The fourth-order valence-corrected chi connectivity index (χ4v) is 3.93. The first-order valence-electron chi connectivity index (χ1n) is 8.35. The molecule has 0 amide bonds. The van der Waals surface area contributed by atoms with Gasteiger partial charge in [-0.25, -0.2) is 0 Å². The summed E-state index contributed by atoms with van der Waals surface area (Å²) in [6, 6.07) is 7.73. The summed E-state index contributed by atoms with van der Waals surface area (Å²) in [5, 5.41) is 4.60. The van der Waals surface area contributed by atoms with Crippen molar-refractivity contribution in [2.24, 2.45) is 5.92 Å². The zero-order valence-corrected chi connectivity index (χ0v) is 14.0. The number of halogens is 1. The third-order valence-corrected chi connectivity index (χ3v) is 5.29. The smallest absolute Gasteiger partial charge is 0.0408 e. The van der Waals surface area contributed by atoms with Gasteiger partial charge in [-0.1, -0.05) is 24.1 Å². The molecule has 0 radical (unpaired) electrons. The van der Waals surface area contributed by atoms with Crippen LogP contribution in [0.3, 0.4) is 0 Å². The van der Waals surface area contributed by atoms with Gasteiger partial charge < -0.3 is 5.32 Å². The van der Waals surface area contributed by atoms with Crippen molar-refractivity contribution in [3.63, 3.8) is 0 Å². The van der Waals surface area contributed by atoms with E-state index in [-0.39, 0.29) is 0 Å². The van der Waals surface area contributed by atoms with Crippen molar-refractivity contribution in [2.75, 3.05) is 20.1 Å². The average Bonchev–Trinajstić information content (AvgIpc) is 3.26. The Morgan fingerprint density at radius 2 is 2.05 bits per heavy atom. The van der Waals surface area contributed by atoms with E-state index in [1.165, 1.54) is 49.8 Å². The summed E-state index contributed by atoms with van der Waals surface area (Å²) < 4.78 is 0. The van der Waals surface area contributed by atoms with Crippen molar-refractivity contribution in [2.45, 2.75) is 51.1 Å². The zero-order chi connectivity index (χ0) is 14.8. The van der Waals surface area contributed by atoms with Crippen LogP contribution in [-0.2, 0) is 0 Å². The lowest BCUT2D eigenvalue weighted by Gasteiger charge is -2.34. The van der Waals surface area contributed by atoms with Gasteiger partial charge in [0.05, 0.1) is 0 Å². The van der Waals surface area contributed by atoms with E-state index >= 15 is 0 Å². The van der Waals surface area contributed by atoms with E-state index in [0.717, 1.165) is 17.6 Å². The average molecular weight is 307 g/mol. The van der Waals surface area contributed by atoms with Crippen LogP contribution in [0.15, 0.2) is 18.2 Å². The van der Waals surface area contributed by atoms with Gasteiger partial charge in [0.15, 0.2) is 0 Å². The Balaban J connectivity index is 1.83. The third-order valence-electron chi connectivity index (χ3n) is 5.05. The molecule has 21 heavy (non-hydrogen) atoms. The zero-order valence-electron chi connectivity index (χ0n) is 13.2. The molecule has 2 unspecified atom stereocenters. The number of hydrogen-bond acceptors (Lipinski definition) is 2. The highest BCUT2D eigenvalue weighted by molar-refractivity contribution is 6.30. The molecule has 1 aromatic rings. The largest absolute Gasteiger partial charge is 0.314 e. The van der Waals surface area contributed by atoms with Crippen LogP contribution in [0.4, 0.5) is 0 Å². The second-order valence-electron chi connectivity index (χ2n) is 6.86. The maximum atomic E-state index is 6.15. The normalized spacial score (nSPS) is 27.6. The molecule has 1 saturated heterocycles. The van der Waals surface area contributed by atoms with Crippen molar-refractivity contribution in [3.05, 3.63) is 34.3 Å². The number of likely N-dealkylation sites (tertiary alicyclic amines) is 1. The summed E-state index contributed by atoms with van der Waals surface area (Å²) in [5.41, 5.74) is 2.80. The molecule has 1 heterocycles. The number of benzene rings is 1. The first-order valence-corrected chi connectivity index (χ1v) is 8.72. The Bertz CT molecular complexity index is 484. The van der Waals surface area contributed by atoms with Crippen molar-refractivity contribution < 1.29 is 0 Å². The quantitative estimate of drug-likeness (QED) is 0.898. The van der Waals surface area contributed by atoms with Crippen molar-refractivity contribution in [1.82, 2.24) is 10.2 Å². The topological polar surface area (TPSA) is 15.3 Å². The molecule has 116 valence electrons. The van der Waals surface area contributed by atoms with Crippen LogP contribution in [0.1, 0.15) is 49.3 Å². The van der Waals surface area contributed by atoms with E-state index in [0.29, 0.717) is 12.0 Å². The SMILES string of the molecule is Cc1cc(Cl)ccc1C1C(CNC2CC2)CCCCN1C. The lowest BCUT2D eigenvalue weighted by atomic mass is 9.87. The van der Waals surface area contributed by atoms with Crippen LogP contribution < -0.4 is 5.32 Å². The Hall–Kier alpha value is -0.570. The molecule has 2 nitrogen and oxygen atoms in total. The van der Waals surface area contributed by atoms with Crippen LogP contribution in [0.5, 0.6) is 0 Å². The molecule has 3 rings (SSSR count). The first-order chi connectivity index (χ1) is 10.1. The molecular formula is C18H27ClN2. The van der Waals surface area contributed by atoms with Crippen molar-refractivity contribution in [3.8, 4) is 0 Å². The molecule has 0 spiro atoms. The number of aryl methyl sites for hydroxylation is 1. The van der Waals surface area contributed by atoms with Gasteiger partial charge in [-0.3, -0.25) is 4.90 Å². The molecule has 0 bridgehead atoms. The molecule has 1 saturated carbocycles. The molecule has 2 fully saturated rings. The highest BCUT2D eigenvalue weighted by Crippen LogP contribution is 2.36. The van der Waals surface area contributed by atoms with E-state index < -0.39 is 0 Å². The van der Waals surface area contributed by atoms with Gasteiger partial charge in [-0.15, -0.1) is 0 Å². The monoisotopic (exact) mass is 306 g/mol. The van der Waals surface area contributed by atoms with Gasteiger partial charge in [0.25, 0.3) is 0 Å². The van der Waals surface area contributed by atoms with Crippen LogP contribution in [0, 0.1) is 12.8 Å². The molecule has 1 aliphatic carbocycles. The fourth-order valence-electron chi connectivity index (χ4n) is 3.71. The molecule has 1 N–H and O–H groups in total. The van der Waals surface area contributed by atoms with Crippen LogP contribution in [0.2, 0.25) is 5.02 Å². The predicted molar refractivity (Wildman–Crippen MR) is 89.9 cm³/mol. The van der Waals surface area contributed by atoms with E-state index in [1.807, 2.05) is 6.07 Å². The van der Waals surface area contributed by atoms with Crippen LogP contribution in [-0.4, -0.2) is 31.1 Å². The van der Waals surface area contributed by atoms with Crippen LogP contribution >= 0.6 is 11.6 Å². The molecule has 3 heteroatoms. The molecule has 2 aliphatic rings. The minimum absolute atomic E-state index is 0.524. The minimum Gasteiger partial charge on any atom is -0.314 e. The number of nitrogens with one attached hydrogen (secondary N) is 1. The van der Waals surface area contributed by atoms with E-state index in [2.05, 4.69) is 36.3 Å². The third kappa shape index (κ3) is 3.80. The molecule has 1 aliphatic heterocycles. The van der Waals surface area contributed by atoms with Gasteiger partial charge in [-0.05, 0) is 75.4 Å². The van der Waals surface area contributed by atoms with Gasteiger partial charge in [-0.2, -0.15) is 0 Å². The molecule has 1 aromatic carbocycles. The lowest BCUT2D eigenvalue weighted by molar-refractivity contribution is 0.188. The van der Waals surface area contributed by atoms with Crippen LogP contribution in [0.25, 0.3) is 0 Å². The fraction of sp³-hybridized carbons (Fsp3) is 0.667. The Labute approximate surface area is 133 Å². The second-order valence-corrected chi connectivity index (χ2v) is 7.30. The Morgan fingerprint density at radius 3 is 2.76 bits per heavy atom. The summed E-state index contributed by atoms with van der Waals surface area (Å²) >= 11 is 6.15. The minimum atomic E-state index is 0.524. The maximum absolute atomic E-state index is 6.15. The highest BCUT2D eigenvalue weighted by Gasteiger charge is 2.31. The van der Waals surface area contributed by atoms with Gasteiger partial charge in [0.1, 0.15) is 0 Å². The van der Waals surface area contributed by atoms with E-state index in [4.69, 9.17) is 11.6 Å². The second kappa shape index (κ2) is 6.68. The molecular weight excluding hydrogens is 280 g/mol. The van der Waals surface area contributed by atoms with Gasteiger partial charge in [0, 0.05) is 23.7 Å². The number of rotatable bonds is 4. The summed E-state index contributed by atoms with van der Waals surface area (Å²) in [6.45, 7) is 4.56. The highest BCUT2D eigenvalue weighted by atomic mass is 35.5. The van der Waals surface area contributed by atoms with Gasteiger partial charge >= 0.3 is 0 Å². The molecule has 0 aromatic heterocycles. The summed E-state index contributed by atoms with van der Waals surface area (Å²) in [7, 11) is 2.29. The predicted octanol–water partition coefficient (Wildman–Crippen LogP) is 4.17. The number of hydrogen-bond donors (Lipinski definition) is 1. The maximum Gasteiger partial charge on any atom is 0.0408 e. The van der Waals surface area contributed by atoms with E-state index in [1.54, 1.807) is 0 Å². The first kappa shape index (κ1) is 15.3. The number of nitrogens with zero attached hydrogens (tertiary/aromatic N) is 1. The summed E-state index contributed by atoms with van der Waals surface area (Å²) in [4.78, 5) is 2.56. The Kier molecular flexibility index (Phi) is 4.88. The van der Waals surface area contributed by atoms with Crippen molar-refractivity contribution >= 4 is 11.6 Å². The summed E-state index contributed by atoms with van der Waals surface area (Å²) in [6.07, 6.45) is 6.74.